The van der Waals surface area contributed by atoms with Crippen molar-refractivity contribution in [1.82, 2.24) is 4.90 Å². The third kappa shape index (κ3) is 3.01. The van der Waals surface area contributed by atoms with E-state index in [-0.39, 0.29) is 18.6 Å². The van der Waals surface area contributed by atoms with E-state index in [1.54, 1.807) is 0 Å². The van der Waals surface area contributed by atoms with Gasteiger partial charge >= 0.3 is 0 Å². The normalized spacial score (nSPS) is 31.2. The Kier molecular flexibility index (Phi) is 4.45. The summed E-state index contributed by atoms with van der Waals surface area (Å²) in [7, 11) is 0. The van der Waals surface area contributed by atoms with Gasteiger partial charge in [-0.2, -0.15) is 0 Å². The molecule has 1 aliphatic heterocycles. The van der Waals surface area contributed by atoms with Crippen molar-refractivity contribution < 1.29 is 10.2 Å². The lowest BCUT2D eigenvalue weighted by Crippen LogP contribution is -2.51. The Labute approximate surface area is 105 Å². The molecule has 0 aromatic rings. The smallest absolute Gasteiger partial charge is 0.0519 e. The van der Waals surface area contributed by atoms with Crippen LogP contribution < -0.4 is 0 Å². The van der Waals surface area contributed by atoms with E-state index in [1.165, 1.54) is 38.5 Å². The lowest BCUT2D eigenvalue weighted by atomic mass is 9.77. The molecule has 3 heteroatoms. The average Bonchev–Trinajstić information content (AvgIpc) is 2.39. The lowest BCUT2D eigenvalue weighted by Gasteiger charge is -2.46. The standard InChI is InChI=1S/C14H27NO2/c1-14(10-16,11-17)9-15-8-4-6-12-5-2-3-7-13(12)15/h12-13,16-17H,2-11H2,1H3/t12-,13-/m1/s1. The lowest BCUT2D eigenvalue weighted by molar-refractivity contribution is -0.0136. The summed E-state index contributed by atoms with van der Waals surface area (Å²) in [6, 6.07) is 0.718. The number of aliphatic hydroxyl groups is 2. The van der Waals surface area contributed by atoms with Crippen molar-refractivity contribution in [3.05, 3.63) is 0 Å². The van der Waals surface area contributed by atoms with Gasteiger partial charge in [0, 0.05) is 18.0 Å². The predicted molar refractivity (Wildman–Crippen MR) is 68.8 cm³/mol. The van der Waals surface area contributed by atoms with E-state index in [2.05, 4.69) is 4.90 Å². The second-order valence-corrected chi connectivity index (χ2v) is 6.35. The molecule has 3 nitrogen and oxygen atoms in total. The molecule has 0 amide bonds. The van der Waals surface area contributed by atoms with Crippen molar-refractivity contribution in [1.29, 1.82) is 0 Å². The maximum absolute atomic E-state index is 9.43. The number of rotatable bonds is 4. The van der Waals surface area contributed by atoms with Crippen LogP contribution in [0.1, 0.15) is 45.4 Å². The van der Waals surface area contributed by atoms with E-state index >= 15 is 0 Å². The number of fused-ring (bicyclic) bond motifs is 1. The highest BCUT2D eigenvalue weighted by molar-refractivity contribution is 4.90. The van der Waals surface area contributed by atoms with Crippen LogP contribution in [0.3, 0.4) is 0 Å². The molecule has 0 radical (unpaired) electrons. The minimum absolute atomic E-state index is 0.0807. The topological polar surface area (TPSA) is 43.7 Å². The Morgan fingerprint density at radius 2 is 1.71 bits per heavy atom. The van der Waals surface area contributed by atoms with Gasteiger partial charge in [0.25, 0.3) is 0 Å². The SMILES string of the molecule is CC(CO)(CO)CN1CCC[C@H]2CCCC[C@H]21. The van der Waals surface area contributed by atoms with Gasteiger partial charge in [0.1, 0.15) is 0 Å². The molecule has 2 aliphatic rings. The molecule has 2 N–H and O–H groups in total. The summed E-state index contributed by atoms with van der Waals surface area (Å²) in [5.41, 5.74) is -0.334. The van der Waals surface area contributed by atoms with Gasteiger partial charge in [-0.25, -0.2) is 0 Å². The minimum Gasteiger partial charge on any atom is -0.396 e. The number of nitrogens with zero attached hydrogens (tertiary/aromatic N) is 1. The Balaban J connectivity index is 1.98. The molecule has 17 heavy (non-hydrogen) atoms. The molecule has 1 saturated heterocycles. The van der Waals surface area contributed by atoms with Gasteiger partial charge in [-0.05, 0) is 38.1 Å². The molecule has 0 unspecified atom stereocenters. The second kappa shape index (κ2) is 5.68. The first kappa shape index (κ1) is 13.3. The van der Waals surface area contributed by atoms with Crippen molar-refractivity contribution in [2.75, 3.05) is 26.3 Å². The first-order chi connectivity index (χ1) is 8.18. The van der Waals surface area contributed by atoms with E-state index in [4.69, 9.17) is 0 Å². The molecule has 0 aromatic heterocycles. The first-order valence-electron chi connectivity index (χ1n) is 7.14. The van der Waals surface area contributed by atoms with Gasteiger partial charge in [-0.15, -0.1) is 0 Å². The molecular formula is C14H27NO2. The number of likely N-dealkylation sites (tertiary alicyclic amines) is 1. The molecule has 0 spiro atoms. The van der Waals surface area contributed by atoms with E-state index in [1.807, 2.05) is 6.92 Å². The molecular weight excluding hydrogens is 214 g/mol. The number of piperidine rings is 1. The van der Waals surface area contributed by atoms with Crippen LogP contribution in [0.25, 0.3) is 0 Å². The first-order valence-corrected chi connectivity index (χ1v) is 7.14. The predicted octanol–water partition coefficient (Wildman–Crippen LogP) is 1.63. The highest BCUT2D eigenvalue weighted by Crippen LogP contribution is 2.36. The van der Waals surface area contributed by atoms with Crippen LogP contribution in [0.5, 0.6) is 0 Å². The fourth-order valence-corrected chi connectivity index (χ4v) is 3.56. The van der Waals surface area contributed by atoms with Crippen LogP contribution in [0.2, 0.25) is 0 Å². The van der Waals surface area contributed by atoms with Crippen LogP contribution in [-0.4, -0.2) is 47.5 Å². The fourth-order valence-electron chi connectivity index (χ4n) is 3.56. The van der Waals surface area contributed by atoms with Crippen molar-refractivity contribution in [2.24, 2.45) is 11.3 Å². The molecule has 1 saturated carbocycles. The fraction of sp³-hybridized carbons (Fsp3) is 1.00. The van der Waals surface area contributed by atoms with Gasteiger partial charge in [0.05, 0.1) is 13.2 Å². The van der Waals surface area contributed by atoms with Gasteiger partial charge in [-0.3, -0.25) is 4.90 Å². The van der Waals surface area contributed by atoms with Crippen LogP contribution in [0, 0.1) is 11.3 Å². The highest BCUT2D eigenvalue weighted by atomic mass is 16.3. The summed E-state index contributed by atoms with van der Waals surface area (Å²) in [4.78, 5) is 2.54. The maximum Gasteiger partial charge on any atom is 0.0519 e. The Morgan fingerprint density at radius 3 is 2.41 bits per heavy atom. The highest BCUT2D eigenvalue weighted by Gasteiger charge is 2.36. The quantitative estimate of drug-likeness (QED) is 0.786. The molecule has 0 aromatic carbocycles. The molecule has 2 fully saturated rings. The Bertz CT molecular complexity index is 238. The Morgan fingerprint density at radius 1 is 1.06 bits per heavy atom. The van der Waals surface area contributed by atoms with E-state index in [9.17, 15) is 10.2 Å². The van der Waals surface area contributed by atoms with E-state index < -0.39 is 0 Å². The summed E-state index contributed by atoms with van der Waals surface area (Å²) in [5, 5.41) is 18.9. The summed E-state index contributed by atoms with van der Waals surface area (Å²) in [6.07, 6.45) is 8.12. The van der Waals surface area contributed by atoms with Crippen LogP contribution >= 0.6 is 0 Å². The van der Waals surface area contributed by atoms with Crippen LogP contribution in [0.15, 0.2) is 0 Å². The van der Waals surface area contributed by atoms with Crippen LogP contribution in [-0.2, 0) is 0 Å². The van der Waals surface area contributed by atoms with E-state index in [0.717, 1.165) is 25.0 Å². The number of hydrogen-bond donors (Lipinski definition) is 2. The minimum atomic E-state index is -0.334. The van der Waals surface area contributed by atoms with Crippen molar-refractivity contribution in [3.63, 3.8) is 0 Å². The maximum atomic E-state index is 9.43. The second-order valence-electron chi connectivity index (χ2n) is 6.35. The molecule has 2 rings (SSSR count). The average molecular weight is 241 g/mol. The zero-order valence-electron chi connectivity index (χ0n) is 11.1. The summed E-state index contributed by atoms with van der Waals surface area (Å²) < 4.78 is 0. The van der Waals surface area contributed by atoms with Crippen molar-refractivity contribution in [3.8, 4) is 0 Å². The number of hydrogen-bond acceptors (Lipinski definition) is 3. The third-order valence-electron chi connectivity index (χ3n) is 4.71. The largest absolute Gasteiger partial charge is 0.396 e. The molecule has 0 bridgehead atoms. The zero-order valence-corrected chi connectivity index (χ0v) is 11.1. The summed E-state index contributed by atoms with van der Waals surface area (Å²) in [6.45, 7) is 4.14. The molecule has 1 aliphatic carbocycles. The molecule has 2 atom stereocenters. The van der Waals surface area contributed by atoms with Gasteiger partial charge < -0.3 is 10.2 Å². The van der Waals surface area contributed by atoms with Gasteiger partial charge in [-0.1, -0.05) is 19.8 Å². The van der Waals surface area contributed by atoms with Crippen LogP contribution in [0.4, 0.5) is 0 Å². The Hall–Kier alpha value is -0.120. The summed E-state index contributed by atoms with van der Waals surface area (Å²) in [5.74, 6) is 0.874. The van der Waals surface area contributed by atoms with Gasteiger partial charge in [0.2, 0.25) is 0 Å². The van der Waals surface area contributed by atoms with E-state index in [0.29, 0.717) is 0 Å². The van der Waals surface area contributed by atoms with Crippen molar-refractivity contribution in [2.45, 2.75) is 51.5 Å². The van der Waals surface area contributed by atoms with Gasteiger partial charge in [0.15, 0.2) is 0 Å². The van der Waals surface area contributed by atoms with Crippen molar-refractivity contribution >= 4 is 0 Å². The third-order valence-corrected chi connectivity index (χ3v) is 4.71. The number of aliphatic hydroxyl groups excluding tert-OH is 2. The molecule has 100 valence electrons. The monoisotopic (exact) mass is 241 g/mol. The molecule has 1 heterocycles. The summed E-state index contributed by atoms with van der Waals surface area (Å²) >= 11 is 0. The zero-order chi connectivity index (χ0) is 12.3.